The Balaban J connectivity index is 1.85. The third-order valence-electron chi connectivity index (χ3n) is 5.04. The van der Waals surface area contributed by atoms with Crippen molar-refractivity contribution in [2.75, 3.05) is 40.3 Å². The molecule has 18 heavy (non-hydrogen) atoms. The average Bonchev–Trinajstić information content (AvgIpc) is 2.77. The van der Waals surface area contributed by atoms with Gasteiger partial charge in [-0.2, -0.15) is 0 Å². The number of nitrogens with zero attached hydrogens (tertiary/aromatic N) is 3. The smallest absolute Gasteiger partial charge is 0.0124 e. The minimum Gasteiger partial charge on any atom is -0.304 e. The molecule has 0 radical (unpaired) electrons. The molecule has 0 N–H and O–H groups in total. The molecule has 0 spiro atoms. The van der Waals surface area contributed by atoms with Gasteiger partial charge in [0.15, 0.2) is 0 Å². The Morgan fingerprint density at radius 3 is 2.17 bits per heavy atom. The van der Waals surface area contributed by atoms with E-state index in [9.17, 15) is 0 Å². The zero-order valence-corrected chi connectivity index (χ0v) is 12.9. The molecule has 1 heterocycles. The van der Waals surface area contributed by atoms with Crippen LogP contribution in [0, 0.1) is 0 Å². The average molecular weight is 253 g/mol. The summed E-state index contributed by atoms with van der Waals surface area (Å²) in [4.78, 5) is 7.77. The molecule has 106 valence electrons. The number of rotatable bonds is 2. The van der Waals surface area contributed by atoms with E-state index in [1.54, 1.807) is 0 Å². The van der Waals surface area contributed by atoms with E-state index in [4.69, 9.17) is 0 Å². The van der Waals surface area contributed by atoms with Crippen LogP contribution in [0.3, 0.4) is 0 Å². The van der Waals surface area contributed by atoms with Gasteiger partial charge in [0, 0.05) is 43.8 Å². The molecule has 1 aliphatic heterocycles. The van der Waals surface area contributed by atoms with Crippen LogP contribution < -0.4 is 0 Å². The van der Waals surface area contributed by atoms with Crippen molar-refractivity contribution >= 4 is 0 Å². The topological polar surface area (TPSA) is 9.72 Å². The maximum atomic E-state index is 2.73. The summed E-state index contributed by atoms with van der Waals surface area (Å²) < 4.78 is 0. The highest BCUT2D eigenvalue weighted by Crippen LogP contribution is 2.31. The van der Waals surface area contributed by atoms with Gasteiger partial charge in [-0.05, 0) is 54.1 Å². The number of hydrogen-bond acceptors (Lipinski definition) is 3. The molecule has 1 saturated heterocycles. The van der Waals surface area contributed by atoms with Crippen molar-refractivity contribution in [3.05, 3.63) is 0 Å². The Hall–Kier alpha value is -0.120. The lowest BCUT2D eigenvalue weighted by Gasteiger charge is -2.39. The van der Waals surface area contributed by atoms with Crippen molar-refractivity contribution in [2.24, 2.45) is 0 Å². The monoisotopic (exact) mass is 253 g/mol. The fraction of sp³-hybridized carbons (Fsp3) is 1.00. The second kappa shape index (κ2) is 5.48. The SMILES string of the molecule is CN1CCN([C@@H]2CC[C@@H](N(C)C(C)(C)C)C2)CC1. The Morgan fingerprint density at radius 2 is 1.61 bits per heavy atom. The molecule has 0 unspecified atom stereocenters. The fourth-order valence-electron chi connectivity index (χ4n) is 3.35. The molecule has 0 aromatic rings. The number of hydrogen-bond donors (Lipinski definition) is 0. The van der Waals surface area contributed by atoms with E-state index in [-0.39, 0.29) is 0 Å². The van der Waals surface area contributed by atoms with Crippen LogP contribution in [0.25, 0.3) is 0 Å². The summed E-state index contributed by atoms with van der Waals surface area (Å²) in [5, 5.41) is 0. The van der Waals surface area contributed by atoms with Crippen molar-refractivity contribution in [1.29, 1.82) is 0 Å². The van der Waals surface area contributed by atoms with Crippen LogP contribution in [0.4, 0.5) is 0 Å². The quantitative estimate of drug-likeness (QED) is 0.744. The summed E-state index contributed by atoms with van der Waals surface area (Å²) >= 11 is 0. The Bertz CT molecular complexity index is 263. The first-order chi connectivity index (χ1) is 8.38. The first-order valence-corrected chi connectivity index (χ1v) is 7.53. The molecule has 0 bridgehead atoms. The van der Waals surface area contributed by atoms with Crippen LogP contribution in [0.2, 0.25) is 0 Å². The Kier molecular flexibility index (Phi) is 4.35. The molecule has 2 rings (SSSR count). The minimum atomic E-state index is 0.307. The molecule has 1 saturated carbocycles. The zero-order valence-electron chi connectivity index (χ0n) is 12.9. The van der Waals surface area contributed by atoms with Gasteiger partial charge in [-0.15, -0.1) is 0 Å². The lowest BCUT2D eigenvalue weighted by Crippen LogP contribution is -2.49. The maximum Gasteiger partial charge on any atom is 0.0124 e. The summed E-state index contributed by atoms with van der Waals surface area (Å²) in [6, 6.07) is 1.63. The predicted molar refractivity (Wildman–Crippen MR) is 78.0 cm³/mol. The molecule has 2 fully saturated rings. The second-order valence-electron chi connectivity index (χ2n) is 7.24. The standard InChI is InChI=1S/C15H31N3/c1-15(2,3)17(5)13-6-7-14(12-13)18-10-8-16(4)9-11-18/h13-14H,6-12H2,1-5H3/t13-,14-/m1/s1. The van der Waals surface area contributed by atoms with E-state index < -0.39 is 0 Å². The third-order valence-corrected chi connectivity index (χ3v) is 5.04. The van der Waals surface area contributed by atoms with Crippen molar-refractivity contribution in [3.63, 3.8) is 0 Å². The highest BCUT2D eigenvalue weighted by molar-refractivity contribution is 4.92. The molecule has 0 aromatic heterocycles. The van der Waals surface area contributed by atoms with Crippen molar-refractivity contribution in [3.8, 4) is 0 Å². The summed E-state index contributed by atoms with van der Waals surface area (Å²) in [7, 11) is 4.54. The van der Waals surface area contributed by atoms with Crippen LogP contribution in [0.5, 0.6) is 0 Å². The summed E-state index contributed by atoms with van der Waals surface area (Å²) in [5.74, 6) is 0. The molecule has 1 aliphatic carbocycles. The molecule has 0 aromatic carbocycles. The Labute approximate surface area is 113 Å². The predicted octanol–water partition coefficient (Wildman–Crippen LogP) is 1.89. The normalized spacial score (nSPS) is 32.3. The van der Waals surface area contributed by atoms with Gasteiger partial charge >= 0.3 is 0 Å². The highest BCUT2D eigenvalue weighted by atomic mass is 15.3. The van der Waals surface area contributed by atoms with Crippen LogP contribution in [-0.2, 0) is 0 Å². The summed E-state index contributed by atoms with van der Waals surface area (Å²) in [5.41, 5.74) is 0.307. The van der Waals surface area contributed by atoms with E-state index in [1.807, 2.05) is 0 Å². The van der Waals surface area contributed by atoms with Gasteiger partial charge in [0.25, 0.3) is 0 Å². The van der Waals surface area contributed by atoms with E-state index in [0.717, 1.165) is 12.1 Å². The number of likely N-dealkylation sites (N-methyl/N-ethyl adjacent to an activating group) is 1. The molecular formula is C15H31N3. The highest BCUT2D eigenvalue weighted by Gasteiger charge is 2.35. The van der Waals surface area contributed by atoms with Gasteiger partial charge < -0.3 is 4.90 Å². The van der Waals surface area contributed by atoms with Crippen LogP contribution in [0.15, 0.2) is 0 Å². The maximum absolute atomic E-state index is 2.73. The summed E-state index contributed by atoms with van der Waals surface area (Å²) in [6.07, 6.45) is 4.15. The van der Waals surface area contributed by atoms with E-state index in [0.29, 0.717) is 5.54 Å². The van der Waals surface area contributed by atoms with Gasteiger partial charge in [-0.25, -0.2) is 0 Å². The lowest BCUT2D eigenvalue weighted by atomic mass is 10.0. The lowest BCUT2D eigenvalue weighted by molar-refractivity contribution is 0.0914. The van der Waals surface area contributed by atoms with Crippen LogP contribution >= 0.6 is 0 Å². The van der Waals surface area contributed by atoms with Crippen molar-refractivity contribution < 1.29 is 0 Å². The van der Waals surface area contributed by atoms with Crippen molar-refractivity contribution in [2.45, 2.75) is 57.7 Å². The molecule has 3 nitrogen and oxygen atoms in total. The molecule has 3 heteroatoms. The van der Waals surface area contributed by atoms with Crippen LogP contribution in [0.1, 0.15) is 40.0 Å². The van der Waals surface area contributed by atoms with Crippen molar-refractivity contribution in [1.82, 2.24) is 14.7 Å². The molecule has 0 amide bonds. The van der Waals surface area contributed by atoms with Gasteiger partial charge in [-0.3, -0.25) is 9.80 Å². The van der Waals surface area contributed by atoms with E-state index in [1.165, 1.54) is 45.4 Å². The third kappa shape index (κ3) is 3.25. The van der Waals surface area contributed by atoms with E-state index >= 15 is 0 Å². The summed E-state index contributed by atoms with van der Waals surface area (Å²) in [6.45, 7) is 12.0. The first kappa shape index (κ1) is 14.3. The molecular weight excluding hydrogens is 222 g/mol. The van der Waals surface area contributed by atoms with Gasteiger partial charge in [-0.1, -0.05) is 0 Å². The van der Waals surface area contributed by atoms with Gasteiger partial charge in [0.05, 0.1) is 0 Å². The first-order valence-electron chi connectivity index (χ1n) is 7.53. The minimum absolute atomic E-state index is 0.307. The zero-order chi connectivity index (χ0) is 13.3. The van der Waals surface area contributed by atoms with Crippen LogP contribution in [-0.4, -0.2) is 72.6 Å². The van der Waals surface area contributed by atoms with E-state index in [2.05, 4.69) is 49.6 Å². The fourth-order valence-corrected chi connectivity index (χ4v) is 3.35. The van der Waals surface area contributed by atoms with Gasteiger partial charge in [0.2, 0.25) is 0 Å². The molecule has 2 atom stereocenters. The number of piperazine rings is 1. The second-order valence-corrected chi connectivity index (χ2v) is 7.24. The molecule has 2 aliphatic rings. The largest absolute Gasteiger partial charge is 0.304 e. The Morgan fingerprint density at radius 1 is 1.00 bits per heavy atom. The van der Waals surface area contributed by atoms with Gasteiger partial charge in [0.1, 0.15) is 0 Å².